The van der Waals surface area contributed by atoms with E-state index in [9.17, 15) is 4.79 Å². The molecule has 17 heavy (non-hydrogen) atoms. The van der Waals surface area contributed by atoms with Crippen LogP contribution in [0.2, 0.25) is 0 Å². The molecule has 0 heterocycles. The van der Waals surface area contributed by atoms with Crippen LogP contribution in [0.3, 0.4) is 0 Å². The molecule has 1 N–H and O–H groups in total. The predicted octanol–water partition coefficient (Wildman–Crippen LogP) is 2.91. The van der Waals surface area contributed by atoms with Crippen molar-refractivity contribution in [3.05, 3.63) is 33.8 Å². The number of hydrogen-bond acceptors (Lipinski definition) is 2. The van der Waals surface area contributed by atoms with Crippen molar-refractivity contribution in [3.8, 4) is 0 Å². The van der Waals surface area contributed by atoms with Crippen molar-refractivity contribution in [3.63, 3.8) is 0 Å². The van der Waals surface area contributed by atoms with Crippen molar-refractivity contribution in [2.45, 2.75) is 26.3 Å². The Labute approximate surface area is 111 Å². The molecule has 0 saturated heterocycles. The molecule has 0 aliphatic rings. The molecule has 1 unspecified atom stereocenters. The standard InChI is InChI=1S/C13H18BrNO2/c1-9(7-8-17-3)15-13(16)11-5-4-6-12(14)10(11)2/h4-6,9H,7-8H2,1-3H3,(H,15,16). The molecule has 1 rings (SSSR count). The number of methoxy groups -OCH3 is 1. The number of nitrogens with one attached hydrogen (secondary N) is 1. The van der Waals surface area contributed by atoms with Crippen LogP contribution < -0.4 is 5.32 Å². The highest BCUT2D eigenvalue weighted by atomic mass is 79.9. The minimum Gasteiger partial charge on any atom is -0.385 e. The first-order valence-electron chi connectivity index (χ1n) is 5.61. The third-order valence-electron chi connectivity index (χ3n) is 2.64. The van der Waals surface area contributed by atoms with Gasteiger partial charge in [0.1, 0.15) is 0 Å². The van der Waals surface area contributed by atoms with E-state index < -0.39 is 0 Å². The molecular formula is C13H18BrNO2. The maximum Gasteiger partial charge on any atom is 0.251 e. The molecule has 1 aromatic rings. The van der Waals surface area contributed by atoms with Gasteiger partial charge in [-0.05, 0) is 38.0 Å². The largest absolute Gasteiger partial charge is 0.385 e. The van der Waals surface area contributed by atoms with Gasteiger partial charge >= 0.3 is 0 Å². The zero-order chi connectivity index (χ0) is 12.8. The van der Waals surface area contributed by atoms with Gasteiger partial charge in [-0.1, -0.05) is 22.0 Å². The van der Waals surface area contributed by atoms with Crippen molar-refractivity contribution >= 4 is 21.8 Å². The number of rotatable bonds is 5. The van der Waals surface area contributed by atoms with Crippen molar-refractivity contribution in [1.29, 1.82) is 0 Å². The van der Waals surface area contributed by atoms with Gasteiger partial charge in [0.25, 0.3) is 5.91 Å². The molecule has 0 radical (unpaired) electrons. The van der Waals surface area contributed by atoms with Crippen LogP contribution in [-0.2, 0) is 4.74 Å². The second kappa shape index (κ2) is 6.77. The van der Waals surface area contributed by atoms with E-state index in [0.717, 1.165) is 16.5 Å². The number of benzene rings is 1. The number of halogens is 1. The van der Waals surface area contributed by atoms with E-state index in [1.165, 1.54) is 0 Å². The van der Waals surface area contributed by atoms with Crippen LogP contribution in [0.4, 0.5) is 0 Å². The lowest BCUT2D eigenvalue weighted by Crippen LogP contribution is -2.33. The second-order valence-corrected chi connectivity index (χ2v) is 4.92. The lowest BCUT2D eigenvalue weighted by molar-refractivity contribution is 0.0929. The van der Waals surface area contributed by atoms with Gasteiger partial charge in [-0.2, -0.15) is 0 Å². The Bertz CT molecular complexity index is 393. The van der Waals surface area contributed by atoms with Crippen LogP contribution in [0.25, 0.3) is 0 Å². The molecule has 0 fully saturated rings. The maximum atomic E-state index is 12.0. The van der Waals surface area contributed by atoms with Crippen LogP contribution in [0.1, 0.15) is 29.3 Å². The first kappa shape index (κ1) is 14.2. The third-order valence-corrected chi connectivity index (χ3v) is 3.50. The summed E-state index contributed by atoms with van der Waals surface area (Å²) in [5, 5.41) is 2.96. The van der Waals surface area contributed by atoms with Gasteiger partial charge in [0.15, 0.2) is 0 Å². The Kier molecular flexibility index (Phi) is 5.65. The minimum atomic E-state index is -0.0348. The summed E-state index contributed by atoms with van der Waals surface area (Å²) >= 11 is 3.42. The molecule has 0 saturated carbocycles. The molecule has 0 aromatic heterocycles. The van der Waals surface area contributed by atoms with Gasteiger partial charge in [-0.15, -0.1) is 0 Å². The number of amides is 1. The highest BCUT2D eigenvalue weighted by Gasteiger charge is 2.12. The fraction of sp³-hybridized carbons (Fsp3) is 0.462. The van der Waals surface area contributed by atoms with Crippen molar-refractivity contribution in [2.24, 2.45) is 0 Å². The fourth-order valence-electron chi connectivity index (χ4n) is 1.52. The van der Waals surface area contributed by atoms with Crippen molar-refractivity contribution in [1.82, 2.24) is 5.32 Å². The molecule has 3 nitrogen and oxygen atoms in total. The third kappa shape index (κ3) is 4.13. The zero-order valence-corrected chi connectivity index (χ0v) is 12.0. The summed E-state index contributed by atoms with van der Waals surface area (Å²) < 4.78 is 5.94. The molecule has 94 valence electrons. The molecule has 0 aliphatic heterocycles. The van der Waals surface area contributed by atoms with Crippen molar-refractivity contribution < 1.29 is 9.53 Å². The average Bonchev–Trinajstić information content (AvgIpc) is 2.29. The Balaban J connectivity index is 2.67. The van der Waals surface area contributed by atoms with E-state index in [2.05, 4.69) is 21.2 Å². The number of carbonyl (C=O) groups excluding carboxylic acids is 1. The van der Waals surface area contributed by atoms with Gasteiger partial charge in [-0.3, -0.25) is 4.79 Å². The monoisotopic (exact) mass is 299 g/mol. The van der Waals surface area contributed by atoms with Gasteiger partial charge in [0.05, 0.1) is 0 Å². The zero-order valence-electron chi connectivity index (χ0n) is 10.4. The van der Waals surface area contributed by atoms with Crippen LogP contribution in [0.15, 0.2) is 22.7 Å². The highest BCUT2D eigenvalue weighted by molar-refractivity contribution is 9.10. The Morgan fingerprint density at radius 2 is 2.24 bits per heavy atom. The summed E-state index contributed by atoms with van der Waals surface area (Å²) in [5.41, 5.74) is 1.67. The average molecular weight is 300 g/mol. The van der Waals surface area contributed by atoms with E-state index in [1.54, 1.807) is 7.11 Å². The quantitative estimate of drug-likeness (QED) is 0.908. The molecule has 0 bridgehead atoms. The van der Waals surface area contributed by atoms with Gasteiger partial charge < -0.3 is 10.1 Å². The Morgan fingerprint density at radius 3 is 2.88 bits per heavy atom. The van der Waals surface area contributed by atoms with E-state index in [0.29, 0.717) is 12.2 Å². The van der Waals surface area contributed by atoms with Gasteiger partial charge in [0.2, 0.25) is 0 Å². The van der Waals surface area contributed by atoms with Crippen LogP contribution in [-0.4, -0.2) is 25.7 Å². The lowest BCUT2D eigenvalue weighted by atomic mass is 10.1. The Morgan fingerprint density at radius 1 is 1.53 bits per heavy atom. The van der Waals surface area contributed by atoms with E-state index in [4.69, 9.17) is 4.74 Å². The van der Waals surface area contributed by atoms with Crippen LogP contribution in [0.5, 0.6) is 0 Å². The molecule has 1 aromatic carbocycles. The minimum absolute atomic E-state index is 0.0348. The molecule has 1 atom stereocenters. The number of ether oxygens (including phenoxy) is 1. The molecular weight excluding hydrogens is 282 g/mol. The normalized spacial score (nSPS) is 12.2. The predicted molar refractivity (Wildman–Crippen MR) is 72.3 cm³/mol. The van der Waals surface area contributed by atoms with Crippen LogP contribution >= 0.6 is 15.9 Å². The fourth-order valence-corrected chi connectivity index (χ4v) is 1.89. The second-order valence-electron chi connectivity index (χ2n) is 4.07. The lowest BCUT2D eigenvalue weighted by Gasteiger charge is -2.14. The highest BCUT2D eigenvalue weighted by Crippen LogP contribution is 2.19. The first-order chi connectivity index (χ1) is 8.06. The SMILES string of the molecule is COCCC(C)NC(=O)c1cccc(Br)c1C. The summed E-state index contributed by atoms with van der Waals surface area (Å²) in [6.07, 6.45) is 0.815. The summed E-state index contributed by atoms with van der Waals surface area (Å²) in [6, 6.07) is 5.74. The number of carbonyl (C=O) groups is 1. The summed E-state index contributed by atoms with van der Waals surface area (Å²) in [7, 11) is 1.66. The topological polar surface area (TPSA) is 38.3 Å². The van der Waals surface area contributed by atoms with Crippen molar-refractivity contribution in [2.75, 3.05) is 13.7 Å². The Hall–Kier alpha value is -0.870. The molecule has 0 spiro atoms. The maximum absolute atomic E-state index is 12.0. The van der Waals surface area contributed by atoms with Crippen LogP contribution in [0, 0.1) is 6.92 Å². The number of hydrogen-bond donors (Lipinski definition) is 1. The molecule has 0 aliphatic carbocycles. The van der Waals surface area contributed by atoms with E-state index >= 15 is 0 Å². The first-order valence-corrected chi connectivity index (χ1v) is 6.40. The smallest absolute Gasteiger partial charge is 0.251 e. The summed E-state index contributed by atoms with van der Waals surface area (Å²) in [5.74, 6) is -0.0348. The molecule has 1 amide bonds. The summed E-state index contributed by atoms with van der Waals surface area (Å²) in [6.45, 7) is 4.56. The molecule has 4 heteroatoms. The van der Waals surface area contributed by atoms with Gasteiger partial charge in [0, 0.05) is 29.8 Å². The summed E-state index contributed by atoms with van der Waals surface area (Å²) in [4.78, 5) is 12.0. The van der Waals surface area contributed by atoms with E-state index in [1.807, 2.05) is 32.0 Å². The van der Waals surface area contributed by atoms with E-state index in [-0.39, 0.29) is 11.9 Å². The van der Waals surface area contributed by atoms with Gasteiger partial charge in [-0.25, -0.2) is 0 Å².